The van der Waals surface area contributed by atoms with Gasteiger partial charge in [0.1, 0.15) is 0 Å². The molecular weight excluding hydrogens is 755 g/mol. The molecule has 3 aliphatic carbocycles. The van der Waals surface area contributed by atoms with Gasteiger partial charge in [-0.3, -0.25) is 0 Å². The zero-order valence-corrected chi connectivity index (χ0v) is 34.2. The van der Waals surface area contributed by atoms with Crippen LogP contribution in [0.15, 0.2) is 229 Å². The number of hydrogen-bond donors (Lipinski definition) is 0. The van der Waals surface area contributed by atoms with Gasteiger partial charge < -0.3 is 4.90 Å². The molecule has 61 heavy (non-hydrogen) atoms. The molecule has 286 valence electrons. The second-order valence-corrected chi connectivity index (χ2v) is 17.9. The van der Waals surface area contributed by atoms with Crippen molar-refractivity contribution >= 4 is 45.2 Å². The number of anilines is 3. The Bertz CT molecular complexity index is 3240. The largest absolute Gasteiger partial charge is 0.310 e. The van der Waals surface area contributed by atoms with Gasteiger partial charge in [-0.1, -0.05) is 188 Å². The van der Waals surface area contributed by atoms with Crippen LogP contribution >= 0.6 is 11.8 Å². The zero-order chi connectivity index (χ0) is 40.1. The highest BCUT2D eigenvalue weighted by atomic mass is 32.2. The molecule has 0 bridgehead atoms. The molecule has 0 saturated heterocycles. The van der Waals surface area contributed by atoms with E-state index in [0.717, 1.165) is 17.1 Å². The molecule has 2 unspecified atom stereocenters. The van der Waals surface area contributed by atoms with Crippen molar-refractivity contribution in [3.05, 3.63) is 258 Å². The van der Waals surface area contributed by atoms with Crippen LogP contribution in [-0.2, 0) is 5.41 Å². The summed E-state index contributed by atoms with van der Waals surface area (Å²) in [5.41, 5.74) is 20.0. The fourth-order valence-electron chi connectivity index (χ4n) is 11.0. The molecule has 1 nitrogen and oxygen atoms in total. The molecule has 0 saturated carbocycles. The average molecular weight is 794 g/mol. The minimum atomic E-state index is -0.439. The van der Waals surface area contributed by atoms with Gasteiger partial charge in [0.05, 0.1) is 11.1 Å². The Morgan fingerprint density at radius 3 is 1.80 bits per heavy atom. The van der Waals surface area contributed by atoms with Gasteiger partial charge in [0.15, 0.2) is 0 Å². The van der Waals surface area contributed by atoms with E-state index < -0.39 is 5.41 Å². The predicted octanol–water partition coefficient (Wildman–Crippen LogP) is 15.5. The molecule has 0 amide bonds. The smallest absolute Gasteiger partial charge is 0.0726 e. The van der Waals surface area contributed by atoms with E-state index in [0.29, 0.717) is 11.2 Å². The van der Waals surface area contributed by atoms with Gasteiger partial charge in [0.2, 0.25) is 0 Å². The average Bonchev–Trinajstić information content (AvgIpc) is 3.96. The van der Waals surface area contributed by atoms with Gasteiger partial charge in [-0.2, -0.15) is 0 Å². The second kappa shape index (κ2) is 13.4. The summed E-state index contributed by atoms with van der Waals surface area (Å²) in [6, 6.07) is 77.0. The third kappa shape index (κ3) is 5.03. The van der Waals surface area contributed by atoms with Gasteiger partial charge >= 0.3 is 0 Å². The molecule has 1 heterocycles. The number of benzene rings is 9. The van der Waals surface area contributed by atoms with Gasteiger partial charge in [-0.05, 0) is 114 Å². The van der Waals surface area contributed by atoms with E-state index in [4.69, 9.17) is 0 Å². The molecule has 0 fully saturated rings. The summed E-state index contributed by atoms with van der Waals surface area (Å²) in [5.74, 6) is 0.428. The third-order valence-electron chi connectivity index (χ3n) is 13.6. The van der Waals surface area contributed by atoms with Crippen LogP contribution in [0.1, 0.15) is 39.3 Å². The zero-order valence-electron chi connectivity index (χ0n) is 33.4. The number of rotatable bonds is 5. The summed E-state index contributed by atoms with van der Waals surface area (Å²) in [7, 11) is 0. The third-order valence-corrected chi connectivity index (χ3v) is 15.0. The molecule has 0 aromatic heterocycles. The number of thioether (sulfide) groups is 1. The van der Waals surface area contributed by atoms with Gasteiger partial charge in [-0.25, -0.2) is 0 Å². The van der Waals surface area contributed by atoms with Crippen LogP contribution < -0.4 is 4.90 Å². The summed E-state index contributed by atoms with van der Waals surface area (Å²) in [4.78, 5) is 3.91. The van der Waals surface area contributed by atoms with Crippen LogP contribution in [0, 0.1) is 0 Å². The van der Waals surface area contributed by atoms with Crippen molar-refractivity contribution in [3.8, 4) is 33.4 Å². The topological polar surface area (TPSA) is 3.24 Å². The monoisotopic (exact) mass is 793 g/mol. The lowest BCUT2D eigenvalue weighted by Gasteiger charge is -2.33. The summed E-state index contributed by atoms with van der Waals surface area (Å²) in [6.07, 6.45) is 7.23. The minimum Gasteiger partial charge on any atom is -0.310 e. The van der Waals surface area contributed by atoms with Crippen molar-refractivity contribution < 1.29 is 0 Å². The molecule has 13 rings (SSSR count). The van der Waals surface area contributed by atoms with Crippen LogP contribution in [0.25, 0.3) is 49.7 Å². The molecular formula is C59H39NS. The first-order chi connectivity index (χ1) is 30.3. The van der Waals surface area contributed by atoms with Crippen LogP contribution in [-0.4, -0.2) is 5.25 Å². The molecule has 9 aromatic carbocycles. The number of allylic oxidation sites excluding steroid dienone is 3. The van der Waals surface area contributed by atoms with Gasteiger partial charge in [0.25, 0.3) is 0 Å². The van der Waals surface area contributed by atoms with E-state index in [-0.39, 0.29) is 0 Å². The highest BCUT2D eigenvalue weighted by molar-refractivity contribution is 8.00. The molecule has 2 heteroatoms. The molecule has 0 radical (unpaired) electrons. The summed E-state index contributed by atoms with van der Waals surface area (Å²) in [5, 5.41) is 2.87. The molecule has 1 spiro atoms. The van der Waals surface area contributed by atoms with Crippen molar-refractivity contribution in [2.24, 2.45) is 0 Å². The van der Waals surface area contributed by atoms with Crippen LogP contribution in [0.4, 0.5) is 17.1 Å². The van der Waals surface area contributed by atoms with E-state index in [1.165, 1.54) is 88.0 Å². The maximum Gasteiger partial charge on any atom is 0.0726 e. The Labute approximate surface area is 361 Å². The predicted molar refractivity (Wildman–Crippen MR) is 256 cm³/mol. The number of nitrogens with zero attached hydrogens (tertiary/aromatic N) is 1. The summed E-state index contributed by atoms with van der Waals surface area (Å²) >= 11 is 1.99. The first kappa shape index (κ1) is 34.7. The van der Waals surface area contributed by atoms with Crippen LogP contribution in [0.2, 0.25) is 0 Å². The molecule has 4 aliphatic rings. The van der Waals surface area contributed by atoms with E-state index in [2.05, 4.69) is 229 Å². The minimum absolute atomic E-state index is 0.410. The van der Waals surface area contributed by atoms with Crippen molar-refractivity contribution in [1.29, 1.82) is 0 Å². The fourth-order valence-corrected chi connectivity index (χ4v) is 12.4. The first-order valence-electron chi connectivity index (χ1n) is 21.3. The lowest BCUT2D eigenvalue weighted by atomic mass is 9.70. The Hall–Kier alpha value is -7.13. The maximum atomic E-state index is 2.51. The number of hydrogen-bond acceptors (Lipinski definition) is 2. The lowest BCUT2D eigenvalue weighted by Crippen LogP contribution is -2.26. The SMILES string of the molecule is C1=CC2c3ccccc3SC2C=C1c1ccc(N(c2ccc3c(c2)C2(c4ccccc4-c4ccccc42)c2ccccc2-3)c2ccc3ccccc3c2-c2ccccc2)cc1. The van der Waals surface area contributed by atoms with Crippen LogP contribution in [0.5, 0.6) is 0 Å². The van der Waals surface area contributed by atoms with E-state index in [1.807, 2.05) is 11.8 Å². The fraction of sp³-hybridized carbons (Fsp3) is 0.0508. The summed E-state index contributed by atoms with van der Waals surface area (Å²) in [6.45, 7) is 0. The lowest BCUT2D eigenvalue weighted by molar-refractivity contribution is 0.793. The molecule has 9 aromatic rings. The Morgan fingerprint density at radius 1 is 0.459 bits per heavy atom. The van der Waals surface area contributed by atoms with Gasteiger partial charge in [-0.15, -0.1) is 11.8 Å². The highest BCUT2D eigenvalue weighted by Gasteiger charge is 2.51. The Morgan fingerprint density at radius 2 is 1.07 bits per heavy atom. The molecule has 1 aliphatic heterocycles. The van der Waals surface area contributed by atoms with Crippen molar-refractivity contribution in [2.75, 3.05) is 4.90 Å². The Kier molecular flexibility index (Phi) is 7.65. The standard InChI is InChI=1S/C59H39NS/c1-2-15-40(16-3-1)58-44-17-5-4-14-39(44)29-35-55(58)60(42-30-26-38(27-31-42)41-28-33-50-49-21-9-13-25-56(49)61-57(50)36-41)43-32-34-48-47-20-8-12-24-53(47)59(54(48)37-43)51-22-10-6-18-45(51)46-19-7-11-23-52(46)59/h1-37,50,57H. The van der Waals surface area contributed by atoms with Crippen molar-refractivity contribution in [2.45, 2.75) is 21.5 Å². The second-order valence-electron chi connectivity index (χ2n) is 16.7. The quantitative estimate of drug-likeness (QED) is 0.171. The maximum absolute atomic E-state index is 2.51. The highest BCUT2D eigenvalue weighted by Crippen LogP contribution is 2.63. The van der Waals surface area contributed by atoms with Crippen LogP contribution in [0.3, 0.4) is 0 Å². The van der Waals surface area contributed by atoms with E-state index in [1.54, 1.807) is 0 Å². The van der Waals surface area contributed by atoms with Gasteiger partial charge in [0, 0.05) is 33.0 Å². The van der Waals surface area contributed by atoms with E-state index >= 15 is 0 Å². The van der Waals surface area contributed by atoms with E-state index in [9.17, 15) is 0 Å². The molecule has 2 atom stereocenters. The van der Waals surface area contributed by atoms with Crippen molar-refractivity contribution in [1.82, 2.24) is 0 Å². The number of fused-ring (bicyclic) bond motifs is 14. The summed E-state index contributed by atoms with van der Waals surface area (Å²) < 4.78 is 0. The first-order valence-corrected chi connectivity index (χ1v) is 22.2. The Balaban J connectivity index is 1.02. The van der Waals surface area contributed by atoms with Crippen molar-refractivity contribution in [3.63, 3.8) is 0 Å². The molecule has 0 N–H and O–H groups in total. The normalized spacial score (nSPS) is 17.0.